The van der Waals surface area contributed by atoms with E-state index in [1.165, 1.54) is 30.6 Å². The van der Waals surface area contributed by atoms with Gasteiger partial charge in [0, 0.05) is 22.8 Å². The topological polar surface area (TPSA) is 131 Å². The van der Waals surface area contributed by atoms with Crippen molar-refractivity contribution in [3.63, 3.8) is 0 Å². The van der Waals surface area contributed by atoms with Crippen LogP contribution in [0.1, 0.15) is 5.56 Å². The number of rotatable bonds is 4. The van der Waals surface area contributed by atoms with E-state index in [1.807, 2.05) is 30.3 Å². The van der Waals surface area contributed by atoms with Crippen molar-refractivity contribution in [1.29, 1.82) is 0 Å². The van der Waals surface area contributed by atoms with E-state index >= 15 is 0 Å². The molecule has 4 N–H and O–H groups in total. The highest BCUT2D eigenvalue weighted by Crippen LogP contribution is 2.33. The van der Waals surface area contributed by atoms with Crippen LogP contribution in [0.15, 0.2) is 102 Å². The normalized spacial score (nSPS) is 11.5. The third kappa shape index (κ3) is 6.41. The smallest absolute Gasteiger partial charge is 0.394 e. The Balaban J connectivity index is 0.000000283. The minimum absolute atomic E-state index is 0.0741. The van der Waals surface area contributed by atoms with Gasteiger partial charge in [0.2, 0.25) is 0 Å². The quantitative estimate of drug-likeness (QED) is 0.238. The van der Waals surface area contributed by atoms with Crippen molar-refractivity contribution in [3.05, 3.63) is 103 Å². The van der Waals surface area contributed by atoms with Crippen molar-refractivity contribution in [3.8, 4) is 11.3 Å². The number of aromatic nitrogens is 3. The molecule has 5 rings (SSSR count). The van der Waals surface area contributed by atoms with Crippen molar-refractivity contribution in [1.82, 2.24) is 15.0 Å². The Hall–Kier alpha value is -4.55. The molecule has 0 spiro atoms. The number of halogens is 3. The molecule has 2 aromatic heterocycles. The lowest BCUT2D eigenvalue weighted by atomic mass is 10.1. The summed E-state index contributed by atoms with van der Waals surface area (Å²) in [5.41, 5.74) is 8.30. The summed E-state index contributed by atoms with van der Waals surface area (Å²) < 4.78 is 67.3. The van der Waals surface area contributed by atoms with Gasteiger partial charge in [-0.05, 0) is 48.5 Å². The largest absolute Gasteiger partial charge is 0.416 e. The van der Waals surface area contributed by atoms with Gasteiger partial charge in [0.1, 0.15) is 12.0 Å². The van der Waals surface area contributed by atoms with Gasteiger partial charge < -0.3 is 11.1 Å². The van der Waals surface area contributed by atoms with Gasteiger partial charge in [0.05, 0.1) is 21.7 Å². The summed E-state index contributed by atoms with van der Waals surface area (Å²) in [6.45, 7) is 0. The third-order valence-corrected chi connectivity index (χ3v) is 6.15. The van der Waals surface area contributed by atoms with Gasteiger partial charge in [-0.15, -0.1) is 0 Å². The minimum atomic E-state index is -4.39. The highest BCUT2D eigenvalue weighted by atomic mass is 32.2. The molecule has 0 amide bonds. The lowest BCUT2D eigenvalue weighted by molar-refractivity contribution is -0.137. The van der Waals surface area contributed by atoms with Crippen LogP contribution in [0.4, 0.5) is 30.4 Å². The molecule has 0 fully saturated rings. The minimum Gasteiger partial charge on any atom is -0.394 e. The number of nitrogens with two attached hydrogens (primary N) is 1. The number of anilines is 3. The molecule has 8 nitrogen and oxygen atoms in total. The molecule has 194 valence electrons. The summed E-state index contributed by atoms with van der Waals surface area (Å²) in [6, 6.07) is 21.5. The number of alkyl halides is 3. The lowest BCUT2D eigenvalue weighted by Crippen LogP contribution is -2.05. The number of benzene rings is 3. The van der Waals surface area contributed by atoms with E-state index in [0.29, 0.717) is 17.2 Å². The Kier molecular flexibility index (Phi) is 7.55. The molecular formula is C26H20F3N5O3S. The van der Waals surface area contributed by atoms with Gasteiger partial charge in [0.25, 0.3) is 10.1 Å². The SMILES string of the molecule is Nc1c(Nc2ccc(C(F)(F)F)cc2)ncnc1-c1ccc2cccnc2c1.O=S(=O)(O)c1ccccc1. The van der Waals surface area contributed by atoms with Crippen LogP contribution in [0.5, 0.6) is 0 Å². The van der Waals surface area contributed by atoms with Crippen LogP contribution in [0, 0.1) is 0 Å². The first-order chi connectivity index (χ1) is 18.0. The van der Waals surface area contributed by atoms with Crippen LogP contribution in [0.2, 0.25) is 0 Å². The molecule has 12 heteroatoms. The van der Waals surface area contributed by atoms with Gasteiger partial charge in [-0.3, -0.25) is 9.54 Å². The zero-order valence-electron chi connectivity index (χ0n) is 19.5. The number of hydrogen-bond donors (Lipinski definition) is 3. The molecule has 0 aliphatic carbocycles. The summed E-state index contributed by atoms with van der Waals surface area (Å²) in [6.07, 6.45) is -1.34. The highest BCUT2D eigenvalue weighted by molar-refractivity contribution is 7.85. The molecule has 0 aliphatic rings. The maximum absolute atomic E-state index is 12.7. The molecular weight excluding hydrogens is 519 g/mol. The second-order valence-electron chi connectivity index (χ2n) is 7.88. The van der Waals surface area contributed by atoms with E-state index in [0.717, 1.165) is 28.6 Å². The first-order valence-corrected chi connectivity index (χ1v) is 12.4. The molecule has 0 saturated heterocycles. The maximum Gasteiger partial charge on any atom is 0.416 e. The Morgan fingerprint density at radius 3 is 2.18 bits per heavy atom. The molecule has 3 aromatic carbocycles. The fraction of sp³-hybridized carbons (Fsp3) is 0.0385. The Morgan fingerprint density at radius 1 is 0.842 bits per heavy atom. The van der Waals surface area contributed by atoms with Crippen LogP contribution in [0.3, 0.4) is 0 Å². The number of hydrogen-bond acceptors (Lipinski definition) is 7. The molecule has 0 bridgehead atoms. The summed E-state index contributed by atoms with van der Waals surface area (Å²) in [5, 5.41) is 3.93. The number of nitrogens with zero attached hydrogens (tertiary/aromatic N) is 3. The van der Waals surface area contributed by atoms with Crippen molar-refractivity contribution in [2.75, 3.05) is 11.1 Å². The van der Waals surface area contributed by atoms with E-state index in [1.54, 1.807) is 24.4 Å². The molecule has 0 aliphatic heterocycles. The van der Waals surface area contributed by atoms with Crippen LogP contribution in [-0.4, -0.2) is 27.9 Å². The molecule has 2 heterocycles. The number of nitrogen functional groups attached to an aromatic ring is 1. The fourth-order valence-corrected chi connectivity index (χ4v) is 3.91. The van der Waals surface area contributed by atoms with Gasteiger partial charge in [0.15, 0.2) is 5.82 Å². The fourth-order valence-electron chi connectivity index (χ4n) is 3.41. The standard InChI is InChI=1S/C20H14F3N5.C6H6O3S/c21-20(22,23)14-5-7-15(8-6-14)28-19-17(24)18(26-11-27-19)13-4-3-12-2-1-9-25-16(12)10-13;7-10(8,9)6-4-2-1-3-5-6/h1-11H,24H2,(H,26,27,28);1-5H,(H,7,8,9). The van der Waals surface area contributed by atoms with E-state index < -0.39 is 21.9 Å². The van der Waals surface area contributed by atoms with E-state index in [9.17, 15) is 21.6 Å². The van der Waals surface area contributed by atoms with E-state index in [2.05, 4.69) is 20.3 Å². The molecule has 5 aromatic rings. The monoisotopic (exact) mass is 539 g/mol. The predicted molar refractivity (Wildman–Crippen MR) is 138 cm³/mol. The van der Waals surface area contributed by atoms with Crippen LogP contribution < -0.4 is 11.1 Å². The summed E-state index contributed by atoms with van der Waals surface area (Å²) in [7, 11) is -4.00. The Labute approximate surface area is 215 Å². The zero-order chi connectivity index (χ0) is 27.3. The predicted octanol–water partition coefficient (Wildman–Crippen LogP) is 5.97. The van der Waals surface area contributed by atoms with Crippen molar-refractivity contribution in [2.45, 2.75) is 11.1 Å². The number of pyridine rings is 1. The molecule has 0 unspecified atom stereocenters. The summed E-state index contributed by atoms with van der Waals surface area (Å²) in [5.74, 6) is 0.311. The van der Waals surface area contributed by atoms with Crippen molar-refractivity contribution < 1.29 is 26.1 Å². The number of nitrogens with one attached hydrogen (secondary N) is 1. The summed E-state index contributed by atoms with van der Waals surface area (Å²) in [4.78, 5) is 12.6. The Morgan fingerprint density at radius 2 is 1.55 bits per heavy atom. The second-order valence-corrected chi connectivity index (χ2v) is 9.31. The first-order valence-electron chi connectivity index (χ1n) is 10.9. The van der Waals surface area contributed by atoms with Crippen LogP contribution >= 0.6 is 0 Å². The zero-order valence-corrected chi connectivity index (χ0v) is 20.3. The third-order valence-electron chi connectivity index (χ3n) is 5.28. The number of fused-ring (bicyclic) bond motifs is 1. The second kappa shape index (κ2) is 10.8. The van der Waals surface area contributed by atoms with Gasteiger partial charge in [-0.1, -0.05) is 36.4 Å². The average molecular weight is 540 g/mol. The van der Waals surface area contributed by atoms with Crippen LogP contribution in [-0.2, 0) is 16.3 Å². The molecule has 0 saturated carbocycles. The first kappa shape index (κ1) is 26.5. The average Bonchev–Trinajstić information content (AvgIpc) is 2.90. The van der Waals surface area contributed by atoms with Gasteiger partial charge in [-0.25, -0.2) is 9.97 Å². The van der Waals surface area contributed by atoms with Gasteiger partial charge >= 0.3 is 6.18 Å². The molecule has 38 heavy (non-hydrogen) atoms. The van der Waals surface area contributed by atoms with Crippen molar-refractivity contribution in [2.24, 2.45) is 0 Å². The molecule has 0 atom stereocenters. The molecule has 0 radical (unpaired) electrons. The summed E-state index contributed by atoms with van der Waals surface area (Å²) >= 11 is 0. The maximum atomic E-state index is 12.7. The van der Waals surface area contributed by atoms with Crippen molar-refractivity contribution >= 4 is 38.2 Å². The Bertz CT molecular complexity index is 1660. The van der Waals surface area contributed by atoms with Gasteiger partial charge in [-0.2, -0.15) is 21.6 Å². The lowest BCUT2D eigenvalue weighted by Gasteiger charge is -2.12. The van der Waals surface area contributed by atoms with Crippen LogP contribution in [0.25, 0.3) is 22.2 Å². The van der Waals surface area contributed by atoms with E-state index in [-0.39, 0.29) is 10.6 Å². The highest BCUT2D eigenvalue weighted by Gasteiger charge is 2.30. The van der Waals surface area contributed by atoms with E-state index in [4.69, 9.17) is 10.3 Å².